The van der Waals surface area contributed by atoms with Crippen molar-refractivity contribution >= 4 is 0 Å². The molecule has 1 unspecified atom stereocenters. The molecule has 0 spiro atoms. The quantitative estimate of drug-likeness (QED) is 0.734. The maximum atomic E-state index is 5.32. The Hall–Kier alpha value is -2.41. The highest BCUT2D eigenvalue weighted by Crippen LogP contribution is 2.21. The summed E-state index contributed by atoms with van der Waals surface area (Å²) < 4.78 is 9.60. The molecule has 0 radical (unpaired) electrons. The summed E-state index contributed by atoms with van der Waals surface area (Å²) in [6.45, 7) is 8.53. The molecule has 1 aliphatic rings. The van der Waals surface area contributed by atoms with Gasteiger partial charge in [-0.3, -0.25) is 9.58 Å². The van der Waals surface area contributed by atoms with Crippen LogP contribution in [0.4, 0.5) is 0 Å². The Morgan fingerprint density at radius 2 is 2.12 bits per heavy atom. The standard InChI is InChI=1S/C17H22N6O/c1-13-16(14(2)24-20-13)11-21-8-15(10-23-6-3-4-19-23)9-22-7-5-18-17(22)12-21/h3-7,15H,8-12H2,1-2H3. The van der Waals surface area contributed by atoms with E-state index in [2.05, 4.69) is 30.9 Å². The van der Waals surface area contributed by atoms with Gasteiger partial charge in [-0.05, 0) is 19.9 Å². The predicted octanol–water partition coefficient (Wildman–Crippen LogP) is 2.02. The largest absolute Gasteiger partial charge is 0.361 e. The second-order valence-electron chi connectivity index (χ2n) is 6.56. The third-order valence-electron chi connectivity index (χ3n) is 4.71. The molecule has 7 nitrogen and oxygen atoms in total. The maximum absolute atomic E-state index is 5.32. The van der Waals surface area contributed by atoms with Crippen LogP contribution in [-0.2, 0) is 26.2 Å². The number of hydrogen-bond donors (Lipinski definition) is 0. The van der Waals surface area contributed by atoms with Gasteiger partial charge in [0.15, 0.2) is 0 Å². The topological polar surface area (TPSA) is 64.9 Å². The Labute approximate surface area is 140 Å². The van der Waals surface area contributed by atoms with Gasteiger partial charge >= 0.3 is 0 Å². The first-order valence-electron chi connectivity index (χ1n) is 8.30. The van der Waals surface area contributed by atoms with Crippen molar-refractivity contribution in [3.8, 4) is 0 Å². The fraction of sp³-hybridized carbons (Fsp3) is 0.471. The van der Waals surface area contributed by atoms with E-state index >= 15 is 0 Å². The Morgan fingerprint density at radius 1 is 1.21 bits per heavy atom. The molecule has 0 aromatic carbocycles. The molecule has 0 amide bonds. The van der Waals surface area contributed by atoms with Crippen molar-refractivity contribution in [2.24, 2.45) is 5.92 Å². The number of rotatable bonds is 4. The summed E-state index contributed by atoms with van der Waals surface area (Å²) in [6.07, 6.45) is 7.82. The summed E-state index contributed by atoms with van der Waals surface area (Å²) >= 11 is 0. The molecule has 3 aromatic heterocycles. The van der Waals surface area contributed by atoms with Gasteiger partial charge in [0, 0.05) is 62.4 Å². The molecule has 0 aliphatic carbocycles. The summed E-state index contributed by atoms with van der Waals surface area (Å²) in [6, 6.07) is 1.97. The predicted molar refractivity (Wildman–Crippen MR) is 88.0 cm³/mol. The van der Waals surface area contributed by atoms with E-state index in [1.54, 1.807) is 0 Å². The van der Waals surface area contributed by atoms with Crippen LogP contribution in [0.15, 0.2) is 35.4 Å². The molecule has 24 heavy (non-hydrogen) atoms. The number of imidazole rings is 1. The first-order valence-corrected chi connectivity index (χ1v) is 8.30. The monoisotopic (exact) mass is 326 g/mol. The van der Waals surface area contributed by atoms with Gasteiger partial charge in [0.05, 0.1) is 12.2 Å². The van der Waals surface area contributed by atoms with E-state index in [0.717, 1.165) is 50.0 Å². The van der Waals surface area contributed by atoms with E-state index in [9.17, 15) is 0 Å². The van der Waals surface area contributed by atoms with Crippen molar-refractivity contribution in [1.29, 1.82) is 0 Å². The average molecular weight is 326 g/mol. The van der Waals surface area contributed by atoms with Gasteiger partial charge in [0.2, 0.25) is 0 Å². The van der Waals surface area contributed by atoms with Crippen LogP contribution < -0.4 is 0 Å². The van der Waals surface area contributed by atoms with Crippen molar-refractivity contribution in [3.63, 3.8) is 0 Å². The van der Waals surface area contributed by atoms with Crippen LogP contribution in [0.2, 0.25) is 0 Å². The number of nitrogens with zero attached hydrogens (tertiary/aromatic N) is 6. The highest BCUT2D eigenvalue weighted by atomic mass is 16.5. The van der Waals surface area contributed by atoms with Gasteiger partial charge < -0.3 is 9.09 Å². The molecule has 7 heteroatoms. The van der Waals surface area contributed by atoms with Crippen molar-refractivity contribution in [1.82, 2.24) is 29.4 Å². The van der Waals surface area contributed by atoms with E-state index < -0.39 is 0 Å². The molecule has 4 rings (SSSR count). The third-order valence-corrected chi connectivity index (χ3v) is 4.71. The van der Waals surface area contributed by atoms with Crippen LogP contribution in [0.1, 0.15) is 22.8 Å². The van der Waals surface area contributed by atoms with Gasteiger partial charge in [0.25, 0.3) is 0 Å². The highest BCUT2D eigenvalue weighted by Gasteiger charge is 2.24. The molecule has 4 heterocycles. The SMILES string of the molecule is Cc1noc(C)c1CN1Cc2nccn2CC(Cn2cccn2)C1. The zero-order valence-electron chi connectivity index (χ0n) is 14.1. The Bertz CT molecular complexity index is 784. The zero-order valence-corrected chi connectivity index (χ0v) is 14.1. The van der Waals surface area contributed by atoms with Gasteiger partial charge in [-0.15, -0.1) is 0 Å². The fourth-order valence-corrected chi connectivity index (χ4v) is 3.48. The van der Waals surface area contributed by atoms with Gasteiger partial charge in [-0.25, -0.2) is 4.98 Å². The first-order chi connectivity index (χ1) is 11.7. The second-order valence-corrected chi connectivity index (χ2v) is 6.56. The van der Waals surface area contributed by atoms with Crippen LogP contribution in [0, 0.1) is 19.8 Å². The molecule has 3 aromatic rings. The lowest BCUT2D eigenvalue weighted by molar-refractivity contribution is 0.204. The summed E-state index contributed by atoms with van der Waals surface area (Å²) in [5, 5.41) is 8.44. The molecule has 0 saturated heterocycles. The Morgan fingerprint density at radius 3 is 2.88 bits per heavy atom. The molecule has 0 bridgehead atoms. The second kappa shape index (κ2) is 6.24. The molecular formula is C17H22N6O. The molecule has 126 valence electrons. The normalized spacial score (nSPS) is 18.5. The highest BCUT2D eigenvalue weighted by molar-refractivity contribution is 5.20. The minimum atomic E-state index is 0.473. The first kappa shape index (κ1) is 15.1. The van der Waals surface area contributed by atoms with Crippen LogP contribution in [0.5, 0.6) is 0 Å². The molecule has 1 atom stereocenters. The van der Waals surface area contributed by atoms with E-state index in [-0.39, 0.29) is 0 Å². The van der Waals surface area contributed by atoms with Gasteiger partial charge in [-0.2, -0.15) is 5.10 Å². The van der Waals surface area contributed by atoms with E-state index in [4.69, 9.17) is 4.52 Å². The Balaban J connectivity index is 1.57. The summed E-state index contributed by atoms with van der Waals surface area (Å²) in [5.41, 5.74) is 2.16. The smallest absolute Gasteiger partial charge is 0.138 e. The summed E-state index contributed by atoms with van der Waals surface area (Å²) in [5.74, 6) is 2.49. The third kappa shape index (κ3) is 2.99. The van der Waals surface area contributed by atoms with Crippen LogP contribution in [0.3, 0.4) is 0 Å². The average Bonchev–Trinajstić information content (AvgIpc) is 3.26. The van der Waals surface area contributed by atoms with Gasteiger partial charge in [-0.1, -0.05) is 5.16 Å². The number of fused-ring (bicyclic) bond motifs is 1. The minimum absolute atomic E-state index is 0.473. The summed E-state index contributed by atoms with van der Waals surface area (Å²) in [4.78, 5) is 6.97. The molecule has 0 N–H and O–H groups in total. The molecule has 1 aliphatic heterocycles. The van der Waals surface area contributed by atoms with Crippen molar-refractivity contribution < 1.29 is 4.52 Å². The van der Waals surface area contributed by atoms with Crippen molar-refractivity contribution in [3.05, 3.63) is 53.7 Å². The van der Waals surface area contributed by atoms with E-state index in [1.807, 2.05) is 43.2 Å². The van der Waals surface area contributed by atoms with Gasteiger partial charge in [0.1, 0.15) is 11.6 Å². The van der Waals surface area contributed by atoms with Crippen LogP contribution in [-0.4, -0.2) is 35.9 Å². The lowest BCUT2D eigenvalue weighted by atomic mass is 10.1. The van der Waals surface area contributed by atoms with E-state index in [0.29, 0.717) is 5.92 Å². The van der Waals surface area contributed by atoms with Crippen molar-refractivity contribution in [2.75, 3.05) is 6.54 Å². The number of hydrogen-bond acceptors (Lipinski definition) is 5. The number of aryl methyl sites for hydroxylation is 2. The van der Waals surface area contributed by atoms with Crippen LogP contribution >= 0.6 is 0 Å². The Kier molecular flexibility index (Phi) is 3.93. The van der Waals surface area contributed by atoms with E-state index in [1.165, 1.54) is 5.56 Å². The zero-order chi connectivity index (χ0) is 16.5. The minimum Gasteiger partial charge on any atom is -0.361 e. The lowest BCUT2D eigenvalue weighted by Gasteiger charge is -2.23. The molecule has 0 saturated carbocycles. The lowest BCUT2D eigenvalue weighted by Crippen LogP contribution is -2.30. The van der Waals surface area contributed by atoms with Crippen LogP contribution in [0.25, 0.3) is 0 Å². The maximum Gasteiger partial charge on any atom is 0.138 e. The molecule has 0 fully saturated rings. The number of aromatic nitrogens is 5. The summed E-state index contributed by atoms with van der Waals surface area (Å²) in [7, 11) is 0. The fourth-order valence-electron chi connectivity index (χ4n) is 3.48. The van der Waals surface area contributed by atoms with Crippen molar-refractivity contribution in [2.45, 2.75) is 40.0 Å². The molecular weight excluding hydrogens is 304 g/mol.